The fraction of sp³-hybridized carbons (Fsp3) is 0.800. The summed E-state index contributed by atoms with van der Waals surface area (Å²) in [7, 11) is 8.40. The fourth-order valence-electron chi connectivity index (χ4n) is 11.8. The third-order valence-electron chi connectivity index (χ3n) is 18.5. The van der Waals surface area contributed by atoms with E-state index in [4.69, 9.17) is 9.47 Å². The third-order valence-corrected chi connectivity index (χ3v) is 18.5. The first-order valence-electron chi connectivity index (χ1n) is 35.4. The molecule has 1 heterocycles. The molecule has 5 unspecified atom stereocenters. The number of cyclic esters (lactones) is 1. The average molecular weight is 1400 g/mol. The number of carbonyl (C=O) groups excluding carboxylic acids is 14. The molecule has 566 valence electrons. The van der Waals surface area contributed by atoms with Gasteiger partial charge in [-0.25, -0.2) is 4.79 Å². The molecule has 99 heavy (non-hydrogen) atoms. The van der Waals surface area contributed by atoms with Crippen molar-refractivity contribution in [1.29, 1.82) is 0 Å². The van der Waals surface area contributed by atoms with Gasteiger partial charge in [-0.2, -0.15) is 0 Å². The first kappa shape index (κ1) is 89.6. The third kappa shape index (κ3) is 27.9. The lowest BCUT2D eigenvalue weighted by atomic mass is 9.94. The summed E-state index contributed by atoms with van der Waals surface area (Å²) in [5.41, 5.74) is 0. The van der Waals surface area contributed by atoms with Crippen molar-refractivity contribution in [3.8, 4) is 0 Å². The molecule has 0 bridgehead atoms. The first-order chi connectivity index (χ1) is 46.1. The lowest BCUT2D eigenvalue weighted by Gasteiger charge is -2.37. The SMILES string of the molecule is CCC(C)[C@H]1C(=O)NCCC(=O)N[C@H](C(C)CC)C(=O)N(C)[C@H](C(C)C)C(=O)N(C)[C@@H](C)C(=O)NCCC(=O)N[C@@H](CC(C)C)C(=O)N(C)[C@H](C(C)CC)C(=O)OC(C)C(NC(=O)[C@@H](CC(C)C)N(C)C(=O)[C@@H](NC(=O)COC)C(C)C)C(=O)NCCC(=O)N[C@H](CC(C)C)C(=O)N1C. The highest BCUT2D eigenvalue weighted by Gasteiger charge is 2.43. The maximum Gasteiger partial charge on any atom is 0.329 e. The number of carbonyl (C=O) groups is 14. The summed E-state index contributed by atoms with van der Waals surface area (Å²) in [5.74, 6) is -12.4. The number of nitrogens with one attached hydrogen (secondary N) is 8. The molecule has 0 saturated carbocycles. The highest BCUT2D eigenvalue weighted by atomic mass is 16.5. The molecule has 14 atom stereocenters. The van der Waals surface area contributed by atoms with Gasteiger partial charge in [-0.3, -0.25) is 62.3 Å². The van der Waals surface area contributed by atoms with Crippen LogP contribution in [0.1, 0.15) is 182 Å². The Morgan fingerprint density at radius 2 is 0.990 bits per heavy atom. The molecule has 0 aliphatic carbocycles. The van der Waals surface area contributed by atoms with Crippen LogP contribution >= 0.6 is 0 Å². The lowest BCUT2D eigenvalue weighted by molar-refractivity contribution is -0.163. The number of nitrogens with zero attached hydrogens (tertiary/aromatic N) is 5. The monoisotopic (exact) mass is 1400 g/mol. The van der Waals surface area contributed by atoms with Crippen molar-refractivity contribution in [2.75, 3.05) is 68.6 Å². The van der Waals surface area contributed by atoms with Crippen LogP contribution in [-0.2, 0) is 76.6 Å². The number of esters is 1. The number of methoxy groups -OCH3 is 1. The van der Waals surface area contributed by atoms with Gasteiger partial charge in [-0.15, -0.1) is 0 Å². The van der Waals surface area contributed by atoms with Gasteiger partial charge in [-0.1, -0.05) is 130 Å². The minimum atomic E-state index is -1.73. The number of ether oxygens (including phenoxy) is 2. The standard InChI is InChI=1S/C70H125N13O16/c1-25-43(14)56-68(95)81(21)58(42(12)13)69(96)79(19)46(17)61(88)71-31-28-51(84)75-49(35-39(6)7)66(93)83(23)60(45(16)27-3)70(97)99-47(18)57(78-62(89)50(36-40(8)9)80(20)67(94)55(41(10)11)77-54(87)37-98-24)63(90)72-32-29-52(85)74-48(34-38(4)5)65(92)82(22)59(44(15)26-2)64(91)73-33-30-53(86)76-56/h38-50,55-60H,25-37H2,1-24H3,(H,71,88)(H,72,90)(H,73,91)(H,74,85)(H,75,84)(H,76,86)(H,77,87)(H,78,89)/t43?,44?,45?,46-,47?,48+,49-,50+,55-,56+,57?,58+,59-,60+/m0/s1. The zero-order valence-electron chi connectivity index (χ0n) is 63.9. The molecule has 1 aliphatic rings. The Bertz CT molecular complexity index is 2730. The maximum atomic E-state index is 14.8. The van der Waals surface area contributed by atoms with Crippen LogP contribution in [0, 0.1) is 47.3 Å². The Balaban J connectivity index is 4.18. The van der Waals surface area contributed by atoms with Crippen molar-refractivity contribution in [1.82, 2.24) is 67.0 Å². The smallest absolute Gasteiger partial charge is 0.329 e. The summed E-state index contributed by atoms with van der Waals surface area (Å²) in [6, 6.07) is -12.2. The second-order valence-corrected chi connectivity index (χ2v) is 28.8. The summed E-state index contributed by atoms with van der Waals surface area (Å²) < 4.78 is 11.1. The highest BCUT2D eigenvalue weighted by molar-refractivity contribution is 5.97. The molecule has 0 aromatic rings. The van der Waals surface area contributed by atoms with Crippen LogP contribution in [0.15, 0.2) is 0 Å². The van der Waals surface area contributed by atoms with Crippen LogP contribution in [0.25, 0.3) is 0 Å². The van der Waals surface area contributed by atoms with E-state index >= 15 is 0 Å². The van der Waals surface area contributed by atoms with Crippen LogP contribution < -0.4 is 42.5 Å². The quantitative estimate of drug-likeness (QED) is 0.0764. The number of rotatable bonds is 21. The van der Waals surface area contributed by atoms with Crippen molar-refractivity contribution >= 4 is 82.8 Å². The Labute approximate surface area is 589 Å². The van der Waals surface area contributed by atoms with Crippen LogP contribution in [0.3, 0.4) is 0 Å². The van der Waals surface area contributed by atoms with E-state index in [9.17, 15) is 67.1 Å². The van der Waals surface area contributed by atoms with Crippen molar-refractivity contribution < 1.29 is 76.6 Å². The van der Waals surface area contributed by atoms with Gasteiger partial charge in [-0.05, 0) is 80.5 Å². The molecular formula is C70H125N13O16. The molecular weight excluding hydrogens is 1280 g/mol. The van der Waals surface area contributed by atoms with E-state index < -0.39 is 185 Å². The zero-order valence-corrected chi connectivity index (χ0v) is 63.9. The van der Waals surface area contributed by atoms with Gasteiger partial charge in [0.25, 0.3) is 0 Å². The summed E-state index contributed by atoms with van der Waals surface area (Å²) in [6.07, 6.45) is -0.987. The highest BCUT2D eigenvalue weighted by Crippen LogP contribution is 2.24. The van der Waals surface area contributed by atoms with Gasteiger partial charge in [0, 0.05) is 81.2 Å². The average Bonchev–Trinajstić information content (AvgIpc) is 0.834. The van der Waals surface area contributed by atoms with Gasteiger partial charge >= 0.3 is 5.97 Å². The summed E-state index contributed by atoms with van der Waals surface area (Å²) in [5, 5.41) is 21.9. The number of amides is 13. The van der Waals surface area contributed by atoms with Gasteiger partial charge in [0.1, 0.15) is 73.1 Å². The van der Waals surface area contributed by atoms with Crippen molar-refractivity contribution in [2.24, 2.45) is 47.3 Å². The van der Waals surface area contributed by atoms with Gasteiger partial charge in [0.05, 0.1) is 0 Å². The van der Waals surface area contributed by atoms with E-state index in [2.05, 4.69) is 42.5 Å². The Morgan fingerprint density at radius 1 is 0.556 bits per heavy atom. The number of likely N-dealkylation sites (N-methyl/N-ethyl adjacent to an activating group) is 5. The minimum Gasteiger partial charge on any atom is -0.458 e. The molecule has 29 heteroatoms. The largest absolute Gasteiger partial charge is 0.458 e. The number of hydrogen-bond acceptors (Lipinski definition) is 16. The minimum absolute atomic E-state index is 0.0609. The van der Waals surface area contributed by atoms with Gasteiger partial charge in [0.2, 0.25) is 76.8 Å². The summed E-state index contributed by atoms with van der Waals surface area (Å²) in [4.78, 5) is 205. The second-order valence-electron chi connectivity index (χ2n) is 28.8. The topological polar surface area (TPSA) is 370 Å². The molecule has 0 radical (unpaired) electrons. The van der Waals surface area contributed by atoms with E-state index in [0.29, 0.717) is 19.3 Å². The number of hydrogen-bond donors (Lipinski definition) is 8. The molecule has 1 rings (SSSR count). The van der Waals surface area contributed by atoms with Crippen LogP contribution in [0.5, 0.6) is 0 Å². The molecule has 13 amide bonds. The second kappa shape index (κ2) is 43.3. The first-order valence-corrected chi connectivity index (χ1v) is 35.4. The fourth-order valence-corrected chi connectivity index (χ4v) is 11.8. The van der Waals surface area contributed by atoms with Gasteiger partial charge < -0.3 is 76.5 Å². The molecule has 0 spiro atoms. The Morgan fingerprint density at radius 3 is 1.42 bits per heavy atom. The summed E-state index contributed by atoms with van der Waals surface area (Å²) >= 11 is 0. The van der Waals surface area contributed by atoms with E-state index in [1.807, 2.05) is 55.4 Å². The molecule has 29 nitrogen and oxygen atoms in total. The predicted octanol–water partition coefficient (Wildman–Crippen LogP) is 2.26. The van der Waals surface area contributed by atoms with Crippen molar-refractivity contribution in [2.45, 2.75) is 249 Å². The van der Waals surface area contributed by atoms with E-state index in [1.54, 1.807) is 55.4 Å². The van der Waals surface area contributed by atoms with E-state index in [1.165, 1.54) is 75.8 Å². The molecule has 8 N–H and O–H groups in total. The molecule has 1 aliphatic heterocycles. The van der Waals surface area contributed by atoms with Crippen LogP contribution in [0.2, 0.25) is 0 Å². The Kier molecular flexibility index (Phi) is 39.1. The van der Waals surface area contributed by atoms with Crippen molar-refractivity contribution in [3.05, 3.63) is 0 Å². The van der Waals surface area contributed by atoms with Crippen LogP contribution in [-0.4, -0.2) is 242 Å². The van der Waals surface area contributed by atoms with E-state index in [0.717, 1.165) is 4.90 Å². The van der Waals surface area contributed by atoms with Crippen molar-refractivity contribution in [3.63, 3.8) is 0 Å². The zero-order chi connectivity index (χ0) is 76.2. The maximum absolute atomic E-state index is 14.8. The normalized spacial score (nSPS) is 24.8. The molecule has 0 aromatic heterocycles. The van der Waals surface area contributed by atoms with E-state index in [-0.39, 0.29) is 76.1 Å². The predicted molar refractivity (Wildman–Crippen MR) is 375 cm³/mol. The molecule has 0 aromatic carbocycles. The lowest BCUT2D eigenvalue weighted by Crippen LogP contribution is -2.61. The molecule has 1 saturated heterocycles. The Hall–Kier alpha value is -7.46. The molecule has 1 fully saturated rings. The van der Waals surface area contributed by atoms with Gasteiger partial charge in [0.15, 0.2) is 0 Å². The summed E-state index contributed by atoms with van der Waals surface area (Å²) in [6.45, 7) is 30.3. The van der Waals surface area contributed by atoms with Crippen LogP contribution in [0.4, 0.5) is 0 Å².